The van der Waals surface area contributed by atoms with E-state index in [1.54, 1.807) is 6.07 Å². The van der Waals surface area contributed by atoms with E-state index >= 15 is 0 Å². The van der Waals surface area contributed by atoms with Gasteiger partial charge in [0.1, 0.15) is 5.82 Å². The van der Waals surface area contributed by atoms with Gasteiger partial charge < -0.3 is 20.6 Å². The Labute approximate surface area is 160 Å². The number of nitrogens with zero attached hydrogens (tertiary/aromatic N) is 2. The first-order valence-electron chi connectivity index (χ1n) is 8.30. The third-order valence-electron chi connectivity index (χ3n) is 3.98. The zero-order chi connectivity index (χ0) is 16.7. The molecular formula is C17H28FIN4O. The van der Waals surface area contributed by atoms with Crippen molar-refractivity contribution in [3.63, 3.8) is 0 Å². The van der Waals surface area contributed by atoms with E-state index in [9.17, 15) is 4.39 Å². The summed E-state index contributed by atoms with van der Waals surface area (Å²) in [6.45, 7) is 7.02. The lowest BCUT2D eigenvalue weighted by molar-refractivity contribution is 0.306. The summed E-state index contributed by atoms with van der Waals surface area (Å²) in [6.07, 6.45) is 2.15. The Hall–Kier alpha value is -1.09. The number of aliphatic hydroxyl groups excluding tert-OH is 1. The van der Waals surface area contributed by atoms with E-state index in [-0.39, 0.29) is 42.4 Å². The summed E-state index contributed by atoms with van der Waals surface area (Å²) < 4.78 is 13.3. The zero-order valence-corrected chi connectivity index (χ0v) is 16.7. The van der Waals surface area contributed by atoms with Crippen LogP contribution < -0.4 is 15.5 Å². The van der Waals surface area contributed by atoms with Crippen LogP contribution in [0.15, 0.2) is 23.2 Å². The van der Waals surface area contributed by atoms with E-state index in [0.29, 0.717) is 6.54 Å². The number of halogens is 2. The summed E-state index contributed by atoms with van der Waals surface area (Å²) in [7, 11) is 0. The first-order valence-corrected chi connectivity index (χ1v) is 8.30. The molecule has 1 aliphatic rings. The van der Waals surface area contributed by atoms with Crippen LogP contribution in [0.1, 0.15) is 25.3 Å². The van der Waals surface area contributed by atoms with Crippen LogP contribution in [0.25, 0.3) is 0 Å². The Bertz CT molecular complexity index is 541. The fourth-order valence-electron chi connectivity index (χ4n) is 2.96. The number of anilines is 1. The van der Waals surface area contributed by atoms with Gasteiger partial charge in [-0.3, -0.25) is 4.99 Å². The Morgan fingerprint density at radius 3 is 2.92 bits per heavy atom. The zero-order valence-electron chi connectivity index (χ0n) is 14.4. The van der Waals surface area contributed by atoms with Gasteiger partial charge in [-0.2, -0.15) is 0 Å². The van der Waals surface area contributed by atoms with Crippen molar-refractivity contribution in [2.24, 2.45) is 4.99 Å². The number of rotatable bonds is 5. The normalized spacial score (nSPS) is 18.1. The quantitative estimate of drug-likeness (QED) is 0.366. The van der Waals surface area contributed by atoms with Crippen LogP contribution in [0.2, 0.25) is 0 Å². The predicted molar refractivity (Wildman–Crippen MR) is 108 cm³/mol. The van der Waals surface area contributed by atoms with Crippen molar-refractivity contribution in [2.75, 3.05) is 37.7 Å². The van der Waals surface area contributed by atoms with Gasteiger partial charge in [-0.05, 0) is 50.5 Å². The van der Waals surface area contributed by atoms with Crippen LogP contribution in [-0.2, 0) is 0 Å². The lowest BCUT2D eigenvalue weighted by Gasteiger charge is -2.36. The van der Waals surface area contributed by atoms with Gasteiger partial charge in [-0.1, -0.05) is 0 Å². The molecule has 136 valence electrons. The second kappa shape index (κ2) is 10.7. The highest BCUT2D eigenvalue weighted by Crippen LogP contribution is 2.24. The molecule has 3 N–H and O–H groups in total. The van der Waals surface area contributed by atoms with Crippen LogP contribution in [0, 0.1) is 12.7 Å². The number of hydrogen-bond acceptors (Lipinski definition) is 3. The molecule has 1 atom stereocenters. The van der Waals surface area contributed by atoms with E-state index in [2.05, 4.69) is 20.5 Å². The minimum atomic E-state index is -0.191. The van der Waals surface area contributed by atoms with E-state index in [4.69, 9.17) is 5.11 Å². The summed E-state index contributed by atoms with van der Waals surface area (Å²) in [5.74, 6) is 0.549. The highest BCUT2D eigenvalue weighted by Gasteiger charge is 2.22. The van der Waals surface area contributed by atoms with E-state index in [1.165, 1.54) is 6.07 Å². The number of benzene rings is 1. The second-order valence-corrected chi connectivity index (χ2v) is 5.84. The third kappa shape index (κ3) is 6.08. The molecule has 0 bridgehead atoms. The highest BCUT2D eigenvalue weighted by molar-refractivity contribution is 14.0. The van der Waals surface area contributed by atoms with E-state index in [1.807, 2.05) is 19.9 Å². The van der Waals surface area contributed by atoms with E-state index < -0.39 is 0 Å². The molecule has 2 rings (SSSR count). The number of aryl methyl sites for hydroxylation is 1. The van der Waals surface area contributed by atoms with Gasteiger partial charge in [0.2, 0.25) is 0 Å². The van der Waals surface area contributed by atoms with Crippen molar-refractivity contribution in [2.45, 2.75) is 32.7 Å². The Kier molecular flexibility index (Phi) is 9.35. The molecular weight excluding hydrogens is 422 g/mol. The molecule has 1 saturated heterocycles. The number of guanidine groups is 1. The van der Waals surface area contributed by atoms with Gasteiger partial charge in [0.15, 0.2) is 5.96 Å². The molecule has 0 amide bonds. The average molecular weight is 450 g/mol. The molecule has 1 aromatic carbocycles. The van der Waals surface area contributed by atoms with Crippen LogP contribution in [0.5, 0.6) is 0 Å². The van der Waals surface area contributed by atoms with Gasteiger partial charge in [0, 0.05) is 31.4 Å². The number of aliphatic imine (C=N–C) groups is 1. The SMILES string of the molecule is CCNC(=NCCO)NC1CCCN(c2ccc(F)cc2C)C1.I. The first kappa shape index (κ1) is 21.0. The smallest absolute Gasteiger partial charge is 0.191 e. The van der Waals surface area contributed by atoms with Gasteiger partial charge in [0.25, 0.3) is 0 Å². The average Bonchev–Trinajstić information content (AvgIpc) is 2.53. The Balaban J connectivity index is 0.00000288. The fourth-order valence-corrected chi connectivity index (χ4v) is 2.96. The summed E-state index contributed by atoms with van der Waals surface area (Å²) in [4.78, 5) is 6.63. The van der Waals surface area contributed by atoms with E-state index in [0.717, 1.165) is 49.7 Å². The third-order valence-corrected chi connectivity index (χ3v) is 3.98. The molecule has 0 spiro atoms. The summed E-state index contributed by atoms with van der Waals surface area (Å²) in [5.41, 5.74) is 2.06. The monoisotopic (exact) mass is 450 g/mol. The van der Waals surface area contributed by atoms with Crippen molar-refractivity contribution < 1.29 is 9.50 Å². The van der Waals surface area contributed by atoms with Gasteiger partial charge >= 0.3 is 0 Å². The maximum absolute atomic E-state index is 13.3. The number of nitrogens with one attached hydrogen (secondary N) is 2. The minimum Gasteiger partial charge on any atom is -0.394 e. The molecule has 5 nitrogen and oxygen atoms in total. The highest BCUT2D eigenvalue weighted by atomic mass is 127. The molecule has 1 aliphatic heterocycles. The maximum Gasteiger partial charge on any atom is 0.191 e. The maximum atomic E-state index is 13.3. The van der Waals surface area contributed by atoms with Crippen molar-refractivity contribution in [3.05, 3.63) is 29.6 Å². The molecule has 7 heteroatoms. The topological polar surface area (TPSA) is 59.9 Å². The van der Waals surface area contributed by atoms with Crippen molar-refractivity contribution in [3.8, 4) is 0 Å². The molecule has 1 unspecified atom stereocenters. The van der Waals surface area contributed by atoms with Gasteiger partial charge in [0.05, 0.1) is 13.2 Å². The molecule has 1 aromatic rings. The van der Waals surface area contributed by atoms with Crippen LogP contribution in [-0.4, -0.2) is 49.9 Å². The van der Waals surface area contributed by atoms with Crippen molar-refractivity contribution >= 4 is 35.6 Å². The number of aliphatic hydroxyl groups is 1. The molecule has 0 aliphatic carbocycles. The van der Waals surface area contributed by atoms with Gasteiger partial charge in [-0.15, -0.1) is 24.0 Å². The van der Waals surface area contributed by atoms with Crippen molar-refractivity contribution in [1.29, 1.82) is 0 Å². The van der Waals surface area contributed by atoms with Gasteiger partial charge in [-0.25, -0.2) is 4.39 Å². The Morgan fingerprint density at radius 2 is 2.25 bits per heavy atom. The molecule has 0 saturated carbocycles. The van der Waals surface area contributed by atoms with Crippen LogP contribution in [0.3, 0.4) is 0 Å². The minimum absolute atomic E-state index is 0. The molecule has 1 heterocycles. The van der Waals surface area contributed by atoms with Crippen LogP contribution in [0.4, 0.5) is 10.1 Å². The fraction of sp³-hybridized carbons (Fsp3) is 0.588. The van der Waals surface area contributed by atoms with Crippen LogP contribution >= 0.6 is 24.0 Å². The lowest BCUT2D eigenvalue weighted by atomic mass is 10.0. The Morgan fingerprint density at radius 1 is 1.46 bits per heavy atom. The lowest BCUT2D eigenvalue weighted by Crippen LogP contribution is -2.51. The second-order valence-electron chi connectivity index (χ2n) is 5.84. The molecule has 1 fully saturated rings. The summed E-state index contributed by atoms with van der Waals surface area (Å²) in [5, 5.41) is 15.6. The first-order chi connectivity index (χ1) is 11.1. The molecule has 0 aromatic heterocycles. The van der Waals surface area contributed by atoms with Crippen molar-refractivity contribution in [1.82, 2.24) is 10.6 Å². The molecule has 24 heavy (non-hydrogen) atoms. The largest absolute Gasteiger partial charge is 0.394 e. The summed E-state index contributed by atoms with van der Waals surface area (Å²) in [6, 6.07) is 5.24. The molecule has 0 radical (unpaired) electrons. The number of piperidine rings is 1. The summed E-state index contributed by atoms with van der Waals surface area (Å²) >= 11 is 0. The predicted octanol–water partition coefficient (Wildman–Crippen LogP) is 2.27. The standard InChI is InChI=1S/C17H27FN4O.HI/c1-3-19-17(20-8-10-23)21-15-5-4-9-22(12-15)16-7-6-14(18)11-13(16)2;/h6-7,11,15,23H,3-5,8-10,12H2,1-2H3,(H2,19,20,21);1H. The number of hydrogen-bond donors (Lipinski definition) is 3.